The first-order chi connectivity index (χ1) is 12.2. The van der Waals surface area contributed by atoms with Crippen LogP contribution in [0.1, 0.15) is 32.6 Å². The molecular formula is C20H34N4O. The van der Waals surface area contributed by atoms with E-state index >= 15 is 0 Å². The summed E-state index contributed by atoms with van der Waals surface area (Å²) in [6.07, 6.45) is 4.99. The predicted molar refractivity (Wildman–Crippen MR) is 106 cm³/mol. The number of benzene rings is 1. The van der Waals surface area contributed by atoms with E-state index in [0.29, 0.717) is 5.41 Å². The van der Waals surface area contributed by atoms with Crippen LogP contribution >= 0.6 is 0 Å². The highest BCUT2D eigenvalue weighted by Gasteiger charge is 2.36. The van der Waals surface area contributed by atoms with Crippen LogP contribution in [-0.2, 0) is 4.74 Å². The predicted octanol–water partition coefficient (Wildman–Crippen LogP) is 2.88. The largest absolute Gasteiger partial charge is 0.385 e. The van der Waals surface area contributed by atoms with E-state index in [9.17, 15) is 0 Å². The standard InChI is InChI=1S/C20H34N4O/c1-4-21-19(23-17-20(11-8-12-20)13-16-25-3)22-14-15-24(2)18-9-6-5-7-10-18/h5-7,9-10H,4,8,11-17H2,1-3H3,(H2,21,22,23). The Labute approximate surface area is 152 Å². The zero-order valence-corrected chi connectivity index (χ0v) is 16.1. The summed E-state index contributed by atoms with van der Waals surface area (Å²) in [6, 6.07) is 10.5. The Balaban J connectivity index is 1.81. The van der Waals surface area contributed by atoms with E-state index in [2.05, 4.69) is 53.8 Å². The van der Waals surface area contributed by atoms with Gasteiger partial charge in [-0.1, -0.05) is 24.6 Å². The number of nitrogens with zero attached hydrogens (tertiary/aromatic N) is 2. The summed E-state index contributed by atoms with van der Waals surface area (Å²) >= 11 is 0. The van der Waals surface area contributed by atoms with Crippen molar-refractivity contribution in [1.82, 2.24) is 10.6 Å². The lowest BCUT2D eigenvalue weighted by molar-refractivity contribution is 0.0778. The van der Waals surface area contributed by atoms with Gasteiger partial charge >= 0.3 is 0 Å². The second kappa shape index (κ2) is 10.3. The third-order valence-corrected chi connectivity index (χ3v) is 5.10. The van der Waals surface area contributed by atoms with Gasteiger partial charge in [-0.25, -0.2) is 0 Å². The van der Waals surface area contributed by atoms with Gasteiger partial charge in [0.25, 0.3) is 0 Å². The third kappa shape index (κ3) is 6.24. The van der Waals surface area contributed by atoms with E-state index in [0.717, 1.165) is 45.2 Å². The molecule has 1 fully saturated rings. The summed E-state index contributed by atoms with van der Waals surface area (Å²) in [7, 11) is 3.90. The van der Waals surface area contributed by atoms with Crippen LogP contribution in [0.3, 0.4) is 0 Å². The van der Waals surface area contributed by atoms with Crippen LogP contribution in [0.2, 0.25) is 0 Å². The molecule has 0 unspecified atom stereocenters. The van der Waals surface area contributed by atoms with Crippen molar-refractivity contribution in [2.75, 3.05) is 51.8 Å². The fourth-order valence-electron chi connectivity index (χ4n) is 3.22. The monoisotopic (exact) mass is 346 g/mol. The lowest BCUT2D eigenvalue weighted by atomic mass is 9.67. The van der Waals surface area contributed by atoms with Gasteiger partial charge in [0.1, 0.15) is 0 Å². The molecule has 0 bridgehead atoms. The van der Waals surface area contributed by atoms with Crippen molar-refractivity contribution in [3.05, 3.63) is 30.3 Å². The Hall–Kier alpha value is -1.75. The number of ether oxygens (including phenoxy) is 1. The van der Waals surface area contributed by atoms with Crippen molar-refractivity contribution in [2.45, 2.75) is 32.6 Å². The fourth-order valence-corrected chi connectivity index (χ4v) is 3.22. The molecule has 0 spiro atoms. The highest BCUT2D eigenvalue weighted by Crippen LogP contribution is 2.44. The normalized spacial score (nSPS) is 16.2. The van der Waals surface area contributed by atoms with Crippen LogP contribution in [0.25, 0.3) is 0 Å². The zero-order valence-electron chi connectivity index (χ0n) is 16.1. The zero-order chi connectivity index (χ0) is 18.0. The van der Waals surface area contributed by atoms with Gasteiger partial charge in [0.2, 0.25) is 0 Å². The first-order valence-electron chi connectivity index (χ1n) is 9.46. The molecule has 2 N–H and O–H groups in total. The number of guanidine groups is 1. The van der Waals surface area contributed by atoms with Gasteiger partial charge in [-0.05, 0) is 43.7 Å². The Morgan fingerprint density at radius 1 is 1.24 bits per heavy atom. The van der Waals surface area contributed by atoms with Crippen molar-refractivity contribution in [3.8, 4) is 0 Å². The highest BCUT2D eigenvalue weighted by atomic mass is 16.5. The second-order valence-corrected chi connectivity index (χ2v) is 6.98. The number of nitrogens with one attached hydrogen (secondary N) is 2. The summed E-state index contributed by atoms with van der Waals surface area (Å²) in [5.74, 6) is 0.924. The van der Waals surface area contributed by atoms with E-state index in [1.165, 1.54) is 24.9 Å². The lowest BCUT2D eigenvalue weighted by Gasteiger charge is -2.40. The molecule has 25 heavy (non-hydrogen) atoms. The molecule has 1 aliphatic rings. The molecular weight excluding hydrogens is 312 g/mol. The molecule has 1 aromatic rings. The maximum Gasteiger partial charge on any atom is 0.191 e. The number of rotatable bonds is 10. The summed E-state index contributed by atoms with van der Waals surface area (Å²) in [4.78, 5) is 7.10. The van der Waals surface area contributed by atoms with E-state index < -0.39 is 0 Å². The molecule has 0 radical (unpaired) electrons. The second-order valence-electron chi connectivity index (χ2n) is 6.98. The molecule has 0 atom stereocenters. The lowest BCUT2D eigenvalue weighted by Crippen LogP contribution is -2.42. The Kier molecular flexibility index (Phi) is 8.06. The number of para-hydroxylation sites is 1. The van der Waals surface area contributed by atoms with Crippen molar-refractivity contribution in [1.29, 1.82) is 0 Å². The molecule has 140 valence electrons. The average molecular weight is 347 g/mol. The molecule has 5 nitrogen and oxygen atoms in total. The van der Waals surface area contributed by atoms with E-state index in [1.807, 2.05) is 6.07 Å². The van der Waals surface area contributed by atoms with Crippen molar-refractivity contribution in [2.24, 2.45) is 10.4 Å². The molecule has 5 heteroatoms. The van der Waals surface area contributed by atoms with Gasteiger partial charge in [-0.15, -0.1) is 0 Å². The van der Waals surface area contributed by atoms with Crippen molar-refractivity contribution in [3.63, 3.8) is 0 Å². The molecule has 0 amide bonds. The Morgan fingerprint density at radius 3 is 2.60 bits per heavy atom. The number of likely N-dealkylation sites (N-methyl/N-ethyl adjacent to an activating group) is 1. The topological polar surface area (TPSA) is 48.9 Å². The van der Waals surface area contributed by atoms with Crippen molar-refractivity contribution < 1.29 is 4.74 Å². The van der Waals surface area contributed by atoms with Crippen LogP contribution < -0.4 is 15.5 Å². The maximum absolute atomic E-state index is 5.28. The number of anilines is 1. The molecule has 1 aromatic carbocycles. The molecule has 1 aliphatic carbocycles. The molecule has 1 saturated carbocycles. The maximum atomic E-state index is 5.28. The Bertz CT molecular complexity index is 514. The number of methoxy groups -OCH3 is 1. The molecule has 0 aromatic heterocycles. The quantitative estimate of drug-likeness (QED) is 0.505. The third-order valence-electron chi connectivity index (χ3n) is 5.10. The fraction of sp³-hybridized carbons (Fsp3) is 0.650. The number of hydrogen-bond donors (Lipinski definition) is 2. The smallest absolute Gasteiger partial charge is 0.191 e. The molecule has 0 saturated heterocycles. The van der Waals surface area contributed by atoms with E-state index in [4.69, 9.17) is 9.73 Å². The number of hydrogen-bond acceptors (Lipinski definition) is 3. The van der Waals surface area contributed by atoms with Crippen LogP contribution in [0.4, 0.5) is 5.69 Å². The van der Waals surface area contributed by atoms with Gasteiger partial charge < -0.3 is 20.3 Å². The van der Waals surface area contributed by atoms with Gasteiger partial charge in [0.15, 0.2) is 5.96 Å². The first-order valence-corrected chi connectivity index (χ1v) is 9.46. The van der Waals surface area contributed by atoms with Crippen molar-refractivity contribution >= 4 is 11.6 Å². The van der Waals surface area contributed by atoms with Gasteiger partial charge in [-0.2, -0.15) is 0 Å². The van der Waals surface area contributed by atoms with Crippen LogP contribution in [-0.4, -0.2) is 52.9 Å². The minimum absolute atomic E-state index is 0.360. The average Bonchev–Trinajstić information content (AvgIpc) is 2.61. The Morgan fingerprint density at radius 2 is 2.00 bits per heavy atom. The van der Waals surface area contributed by atoms with Gasteiger partial charge in [0.05, 0.1) is 0 Å². The van der Waals surface area contributed by atoms with Gasteiger partial charge in [-0.3, -0.25) is 4.99 Å². The minimum atomic E-state index is 0.360. The van der Waals surface area contributed by atoms with Crippen LogP contribution in [0, 0.1) is 5.41 Å². The molecule has 0 heterocycles. The van der Waals surface area contributed by atoms with E-state index in [1.54, 1.807) is 7.11 Å². The van der Waals surface area contributed by atoms with E-state index in [-0.39, 0.29) is 0 Å². The van der Waals surface area contributed by atoms with Gasteiger partial charge in [0, 0.05) is 52.6 Å². The molecule has 0 aliphatic heterocycles. The highest BCUT2D eigenvalue weighted by molar-refractivity contribution is 5.79. The SMILES string of the molecule is CCNC(=NCC1(CCOC)CCC1)NCCN(C)c1ccccc1. The minimum Gasteiger partial charge on any atom is -0.385 e. The summed E-state index contributed by atoms with van der Waals surface area (Å²) < 4.78 is 5.28. The first kappa shape index (κ1) is 19.6. The van der Waals surface area contributed by atoms with Crippen LogP contribution in [0.15, 0.2) is 35.3 Å². The summed E-state index contributed by atoms with van der Waals surface area (Å²) in [5, 5.41) is 6.83. The van der Waals surface area contributed by atoms with Crippen LogP contribution in [0.5, 0.6) is 0 Å². The summed E-state index contributed by atoms with van der Waals surface area (Å²) in [6.45, 7) is 6.51. The summed E-state index contributed by atoms with van der Waals surface area (Å²) in [5.41, 5.74) is 1.60. The number of aliphatic imine (C=N–C) groups is 1. The molecule has 2 rings (SSSR count).